The van der Waals surface area contributed by atoms with E-state index in [-0.39, 0.29) is 24.4 Å². The van der Waals surface area contributed by atoms with Crippen LogP contribution in [0.1, 0.15) is 107 Å². The first-order valence-corrected chi connectivity index (χ1v) is 21.1. The van der Waals surface area contributed by atoms with Crippen LogP contribution in [0.2, 0.25) is 0 Å². The Morgan fingerprint density at radius 3 is 2.16 bits per heavy atom. The Balaban J connectivity index is 2.77. The second-order valence-electron chi connectivity index (χ2n) is 15.7. The summed E-state index contributed by atoms with van der Waals surface area (Å²) in [7, 11) is -4.48. The molecule has 5 atom stereocenters. The van der Waals surface area contributed by atoms with Crippen LogP contribution >= 0.6 is 15.9 Å². The first-order valence-electron chi connectivity index (χ1n) is 18.9. The Hall–Kier alpha value is -3.76. The molecule has 0 bridgehead atoms. The van der Waals surface area contributed by atoms with Crippen molar-refractivity contribution in [2.75, 3.05) is 13.2 Å². The molecule has 56 heavy (non-hydrogen) atoms. The molecule has 314 valence electrons. The molecular formula is C40H60BrN3O11S. The monoisotopic (exact) mass is 869 g/mol. The lowest BCUT2D eigenvalue weighted by molar-refractivity contribution is -0.176. The predicted molar refractivity (Wildman–Crippen MR) is 217 cm³/mol. The molecule has 0 spiro atoms. The number of nitrogens with one attached hydrogen (secondary N) is 1. The number of carbonyl (C=O) groups is 5. The minimum Gasteiger partial charge on any atom is -0.464 e. The lowest BCUT2D eigenvalue weighted by atomic mass is 9.65. The van der Waals surface area contributed by atoms with Crippen molar-refractivity contribution < 1.29 is 50.8 Å². The number of hydrogen-bond donors (Lipinski definition) is 1. The maximum Gasteiger partial charge on any atom is 0.418 e. The van der Waals surface area contributed by atoms with E-state index in [9.17, 15) is 27.6 Å². The van der Waals surface area contributed by atoms with E-state index in [1.807, 2.05) is 0 Å². The zero-order chi connectivity index (χ0) is 42.6. The SMILES string of the molecule is C=CCCCCC[C@H](NC(=O)OC(C)(C)C)C(=O)N1C[C@@H](OS(=O)(=O)C(/C=C\C(=C)Br)=C/C)C[C@H]1C(=O)N(C(=O)OC(C)(C)C)[C@]1(C(=O)OCC)CC[C@H]1C=C. The van der Waals surface area contributed by atoms with Gasteiger partial charge < -0.3 is 24.4 Å². The van der Waals surface area contributed by atoms with Crippen LogP contribution in [0.5, 0.6) is 0 Å². The second-order valence-corrected chi connectivity index (χ2v) is 18.3. The third-order valence-electron chi connectivity index (χ3n) is 9.04. The molecule has 1 aliphatic heterocycles. The molecule has 1 saturated carbocycles. The second kappa shape index (κ2) is 20.6. The van der Waals surface area contributed by atoms with Gasteiger partial charge in [0.05, 0.1) is 17.6 Å². The Bertz CT molecular complexity index is 1660. The topological polar surface area (TPSA) is 175 Å². The smallest absolute Gasteiger partial charge is 0.418 e. The van der Waals surface area contributed by atoms with E-state index in [2.05, 4.69) is 41.0 Å². The van der Waals surface area contributed by atoms with Crippen LogP contribution in [0.25, 0.3) is 0 Å². The highest BCUT2D eigenvalue weighted by atomic mass is 79.9. The van der Waals surface area contributed by atoms with Gasteiger partial charge in [0, 0.05) is 23.4 Å². The summed E-state index contributed by atoms with van der Waals surface area (Å²) in [4.78, 5) is 72.4. The van der Waals surface area contributed by atoms with E-state index in [0.29, 0.717) is 28.6 Å². The van der Waals surface area contributed by atoms with Crippen molar-refractivity contribution in [3.05, 3.63) is 59.5 Å². The predicted octanol–water partition coefficient (Wildman–Crippen LogP) is 7.36. The maximum atomic E-state index is 15.1. The van der Waals surface area contributed by atoms with E-state index in [4.69, 9.17) is 18.4 Å². The van der Waals surface area contributed by atoms with Crippen molar-refractivity contribution in [2.45, 2.75) is 142 Å². The number of rotatable bonds is 18. The van der Waals surface area contributed by atoms with Crippen molar-refractivity contribution in [3.63, 3.8) is 0 Å². The molecule has 0 aromatic heterocycles. The number of carbonyl (C=O) groups excluding carboxylic acids is 5. The van der Waals surface area contributed by atoms with Crippen molar-refractivity contribution in [3.8, 4) is 0 Å². The van der Waals surface area contributed by atoms with Crippen molar-refractivity contribution >= 4 is 56.0 Å². The number of nitrogens with zero attached hydrogens (tertiary/aromatic N) is 2. The van der Waals surface area contributed by atoms with Crippen molar-refractivity contribution in [2.24, 2.45) is 5.92 Å². The molecule has 0 aromatic carbocycles. The van der Waals surface area contributed by atoms with Crippen LogP contribution < -0.4 is 5.32 Å². The number of allylic oxidation sites excluding steroid dienone is 5. The van der Waals surface area contributed by atoms with Gasteiger partial charge in [-0.2, -0.15) is 8.42 Å². The third kappa shape index (κ3) is 13.2. The summed E-state index contributed by atoms with van der Waals surface area (Å²) in [6.45, 7) is 23.6. The molecule has 1 N–H and O–H groups in total. The number of esters is 1. The molecule has 1 heterocycles. The highest BCUT2D eigenvalue weighted by Crippen LogP contribution is 2.47. The highest BCUT2D eigenvalue weighted by molar-refractivity contribution is 9.11. The van der Waals surface area contributed by atoms with Crippen LogP contribution in [0.15, 0.2) is 59.5 Å². The summed E-state index contributed by atoms with van der Waals surface area (Å²) in [5, 5.41) is 2.64. The molecule has 1 aliphatic carbocycles. The van der Waals surface area contributed by atoms with Gasteiger partial charge in [-0.15, -0.1) is 13.2 Å². The first kappa shape index (κ1) is 48.4. The minimum absolute atomic E-state index is 0.0197. The molecule has 2 aliphatic rings. The summed E-state index contributed by atoms with van der Waals surface area (Å²) < 4.78 is 49.8. The molecule has 1 saturated heterocycles. The highest BCUT2D eigenvalue weighted by Gasteiger charge is 2.63. The number of likely N-dealkylation sites (tertiary alicyclic amines) is 1. The standard InChI is InChI=1S/C40H60BrN3O11S/c1-12-16-17-18-19-20-31(42-36(48)53-38(6,7)8)33(45)43-26-29(55-56(50,51)30(14-3)22-21-27(5)41)25-32(43)34(46)44(37(49)54-39(9,10)11)40(35(47)52-15-4)24-23-28(40)13-2/h12-14,21-22,28-29,31-32H,1-2,5,15-20,23-26H2,3-4,6-11H3,(H,42,48)/b22-21-,30-14+/t28-,29+,31+,32+,40-/m1/s1. The summed E-state index contributed by atoms with van der Waals surface area (Å²) in [5.41, 5.74) is -3.88. The van der Waals surface area contributed by atoms with Crippen LogP contribution in [0, 0.1) is 5.92 Å². The van der Waals surface area contributed by atoms with Crippen LogP contribution in [0.3, 0.4) is 0 Å². The summed E-state index contributed by atoms with van der Waals surface area (Å²) in [5.74, 6) is -3.34. The molecule has 2 fully saturated rings. The van der Waals surface area contributed by atoms with E-state index in [1.54, 1.807) is 54.5 Å². The van der Waals surface area contributed by atoms with Gasteiger partial charge in [-0.25, -0.2) is 19.3 Å². The molecule has 14 nitrogen and oxygen atoms in total. The zero-order valence-corrected chi connectivity index (χ0v) is 36.5. The summed E-state index contributed by atoms with van der Waals surface area (Å²) >= 11 is 3.16. The Morgan fingerprint density at radius 2 is 1.66 bits per heavy atom. The molecule has 0 aromatic rings. The first-order chi connectivity index (χ1) is 26.0. The fraction of sp³-hybridized carbons (Fsp3) is 0.625. The van der Waals surface area contributed by atoms with E-state index in [1.165, 1.54) is 31.2 Å². The van der Waals surface area contributed by atoms with Gasteiger partial charge in [0.1, 0.15) is 23.3 Å². The number of halogens is 1. The number of alkyl carbamates (subject to hydrolysis) is 1. The van der Waals surface area contributed by atoms with Gasteiger partial charge >= 0.3 is 18.2 Å². The number of ether oxygens (including phenoxy) is 3. The number of amides is 4. The van der Waals surface area contributed by atoms with Gasteiger partial charge in [0.15, 0.2) is 5.54 Å². The van der Waals surface area contributed by atoms with Crippen LogP contribution in [-0.2, 0) is 42.9 Å². The Kier molecular flexibility index (Phi) is 17.8. The van der Waals surface area contributed by atoms with E-state index in [0.717, 1.165) is 17.7 Å². The Labute approximate surface area is 341 Å². The average Bonchev–Trinajstić information content (AvgIpc) is 3.46. The van der Waals surface area contributed by atoms with Gasteiger partial charge in [-0.1, -0.05) is 53.6 Å². The van der Waals surface area contributed by atoms with E-state index < -0.39 is 93.9 Å². The quantitative estimate of drug-likeness (QED) is 0.0364. The van der Waals surface area contributed by atoms with Gasteiger partial charge in [-0.05, 0) is 99.6 Å². The molecule has 2 rings (SSSR count). The molecular weight excluding hydrogens is 810 g/mol. The summed E-state index contributed by atoms with van der Waals surface area (Å²) in [6.07, 6.45) is 6.78. The number of imide groups is 1. The largest absolute Gasteiger partial charge is 0.464 e. The zero-order valence-electron chi connectivity index (χ0n) is 34.1. The fourth-order valence-corrected chi connectivity index (χ4v) is 7.74. The normalized spacial score (nSPS) is 22.1. The summed E-state index contributed by atoms with van der Waals surface area (Å²) in [6, 6.07) is -2.78. The van der Waals surface area contributed by atoms with Gasteiger partial charge in [0.2, 0.25) is 5.91 Å². The fourth-order valence-electron chi connectivity index (χ4n) is 6.48. The van der Waals surface area contributed by atoms with Crippen molar-refractivity contribution in [1.29, 1.82) is 0 Å². The minimum atomic E-state index is -4.48. The number of unbranched alkanes of at least 4 members (excludes halogenated alkanes) is 3. The molecule has 0 radical (unpaired) electrons. The molecule has 16 heteroatoms. The third-order valence-corrected chi connectivity index (χ3v) is 10.8. The maximum absolute atomic E-state index is 15.1. The lowest BCUT2D eigenvalue weighted by Gasteiger charge is -2.51. The van der Waals surface area contributed by atoms with Crippen molar-refractivity contribution in [1.82, 2.24) is 15.1 Å². The molecule has 4 amide bonds. The van der Waals surface area contributed by atoms with Crippen LogP contribution in [-0.4, -0.2) is 96.3 Å². The van der Waals surface area contributed by atoms with Crippen LogP contribution in [0.4, 0.5) is 9.59 Å². The number of hydrogen-bond acceptors (Lipinski definition) is 11. The lowest BCUT2D eigenvalue weighted by Crippen LogP contribution is -2.70. The van der Waals surface area contributed by atoms with Gasteiger partial charge in [0.25, 0.3) is 16.0 Å². The van der Waals surface area contributed by atoms with E-state index >= 15 is 4.79 Å². The molecule has 0 unspecified atom stereocenters. The Morgan fingerprint density at radius 1 is 1.02 bits per heavy atom. The average molecular weight is 871 g/mol. The van der Waals surface area contributed by atoms with Gasteiger partial charge in [-0.3, -0.25) is 13.8 Å².